The first-order valence-electron chi connectivity index (χ1n) is 5.86. The quantitative estimate of drug-likeness (QED) is 0.764. The smallest absolute Gasteiger partial charge is 0.317 e. The number of aliphatic carboxylic acids is 1. The minimum absolute atomic E-state index is 0.0435. The van der Waals surface area contributed by atoms with Gasteiger partial charge in [-0.2, -0.15) is 0 Å². The van der Waals surface area contributed by atoms with E-state index in [4.69, 9.17) is 11.5 Å². The lowest BCUT2D eigenvalue weighted by Crippen LogP contribution is -2.37. The molecule has 2 N–H and O–H groups in total. The van der Waals surface area contributed by atoms with Crippen LogP contribution in [-0.2, 0) is 9.59 Å². The Kier molecular flexibility index (Phi) is 5.69. The molecule has 0 aliphatic carbocycles. The van der Waals surface area contributed by atoms with Crippen LogP contribution in [0.1, 0.15) is 5.56 Å². The van der Waals surface area contributed by atoms with Gasteiger partial charge in [0.2, 0.25) is 5.91 Å². The van der Waals surface area contributed by atoms with Crippen molar-refractivity contribution in [3.05, 3.63) is 29.6 Å². The standard InChI is InChI=1S/C14H15FN2O3/c1-3-6-17(9-14(19)20)8-13(18)16-12-7-11(15)5-4-10(12)2/h1,4-5,7H,6,8-9H2,2H3,(H,16,18)(H,19,20). The second kappa shape index (κ2) is 7.26. The molecular weight excluding hydrogens is 263 g/mol. The zero-order valence-corrected chi connectivity index (χ0v) is 11.0. The first-order chi connectivity index (χ1) is 9.42. The lowest BCUT2D eigenvalue weighted by molar-refractivity contribution is -0.138. The number of aryl methyl sites for hydroxylation is 1. The van der Waals surface area contributed by atoms with Crippen LogP contribution in [0.2, 0.25) is 0 Å². The monoisotopic (exact) mass is 278 g/mol. The van der Waals surface area contributed by atoms with Gasteiger partial charge in [0.15, 0.2) is 0 Å². The highest BCUT2D eigenvalue weighted by Crippen LogP contribution is 2.15. The average Bonchev–Trinajstić information content (AvgIpc) is 2.33. The van der Waals surface area contributed by atoms with Gasteiger partial charge < -0.3 is 10.4 Å². The second-order valence-electron chi connectivity index (χ2n) is 4.25. The third-order valence-corrected chi connectivity index (χ3v) is 2.51. The van der Waals surface area contributed by atoms with Crippen molar-refractivity contribution in [2.45, 2.75) is 6.92 Å². The molecule has 6 heteroatoms. The van der Waals surface area contributed by atoms with E-state index in [1.165, 1.54) is 17.0 Å². The molecule has 0 saturated heterocycles. The van der Waals surface area contributed by atoms with Gasteiger partial charge in [0.25, 0.3) is 0 Å². The highest BCUT2D eigenvalue weighted by Gasteiger charge is 2.14. The Morgan fingerprint density at radius 3 is 2.75 bits per heavy atom. The lowest BCUT2D eigenvalue weighted by Gasteiger charge is -2.17. The van der Waals surface area contributed by atoms with Gasteiger partial charge in [-0.3, -0.25) is 14.5 Å². The lowest BCUT2D eigenvalue weighted by atomic mass is 10.2. The Morgan fingerprint density at radius 2 is 2.15 bits per heavy atom. The molecule has 20 heavy (non-hydrogen) atoms. The molecule has 106 valence electrons. The van der Waals surface area contributed by atoms with E-state index < -0.39 is 17.7 Å². The zero-order chi connectivity index (χ0) is 15.1. The topological polar surface area (TPSA) is 69.6 Å². The molecule has 1 aromatic carbocycles. The van der Waals surface area contributed by atoms with Gasteiger partial charge >= 0.3 is 5.97 Å². The van der Waals surface area contributed by atoms with Crippen LogP contribution in [-0.4, -0.2) is 41.5 Å². The van der Waals surface area contributed by atoms with E-state index >= 15 is 0 Å². The minimum atomic E-state index is -1.07. The fourth-order valence-corrected chi connectivity index (χ4v) is 1.61. The third kappa shape index (κ3) is 5.08. The Labute approximate surface area is 116 Å². The van der Waals surface area contributed by atoms with Crippen molar-refractivity contribution in [1.82, 2.24) is 4.90 Å². The zero-order valence-electron chi connectivity index (χ0n) is 11.0. The van der Waals surface area contributed by atoms with Crippen LogP contribution in [0.3, 0.4) is 0 Å². The molecule has 1 aromatic rings. The summed E-state index contributed by atoms with van der Waals surface area (Å²) in [7, 11) is 0. The van der Waals surface area contributed by atoms with Crippen molar-refractivity contribution >= 4 is 17.6 Å². The highest BCUT2D eigenvalue weighted by atomic mass is 19.1. The summed E-state index contributed by atoms with van der Waals surface area (Å²) in [5.41, 5.74) is 1.06. The van der Waals surface area contributed by atoms with E-state index in [0.717, 1.165) is 0 Å². The van der Waals surface area contributed by atoms with Crippen molar-refractivity contribution in [3.8, 4) is 12.3 Å². The number of amides is 1. The number of carbonyl (C=O) groups excluding carboxylic acids is 1. The van der Waals surface area contributed by atoms with Crippen molar-refractivity contribution in [3.63, 3.8) is 0 Å². The summed E-state index contributed by atoms with van der Waals surface area (Å²) < 4.78 is 13.1. The van der Waals surface area contributed by atoms with E-state index in [1.807, 2.05) is 0 Å². The molecule has 1 rings (SSSR count). The molecule has 0 spiro atoms. The Hall–Kier alpha value is -2.39. The highest BCUT2D eigenvalue weighted by molar-refractivity contribution is 5.93. The van der Waals surface area contributed by atoms with E-state index in [0.29, 0.717) is 11.3 Å². The van der Waals surface area contributed by atoms with Gasteiger partial charge in [0, 0.05) is 5.69 Å². The number of carboxylic acid groups (broad SMARTS) is 1. The molecule has 0 aliphatic heterocycles. The van der Waals surface area contributed by atoms with Crippen LogP contribution in [0.4, 0.5) is 10.1 Å². The maximum atomic E-state index is 13.1. The van der Waals surface area contributed by atoms with Crippen molar-refractivity contribution < 1.29 is 19.1 Å². The van der Waals surface area contributed by atoms with Crippen LogP contribution in [0, 0.1) is 25.1 Å². The predicted molar refractivity (Wildman–Crippen MR) is 72.7 cm³/mol. The summed E-state index contributed by atoms with van der Waals surface area (Å²) >= 11 is 0. The van der Waals surface area contributed by atoms with Gasteiger partial charge in [-0.25, -0.2) is 4.39 Å². The molecule has 0 aromatic heterocycles. The molecule has 0 radical (unpaired) electrons. The van der Waals surface area contributed by atoms with Crippen molar-refractivity contribution in [2.24, 2.45) is 0 Å². The van der Waals surface area contributed by atoms with Gasteiger partial charge in [-0.05, 0) is 24.6 Å². The van der Waals surface area contributed by atoms with Crippen LogP contribution >= 0.6 is 0 Å². The maximum Gasteiger partial charge on any atom is 0.317 e. The van der Waals surface area contributed by atoms with Crippen LogP contribution in [0.25, 0.3) is 0 Å². The summed E-state index contributed by atoms with van der Waals surface area (Å²) in [5.74, 6) is 0.301. The first kappa shape index (κ1) is 15.7. The molecule has 0 bridgehead atoms. The fourth-order valence-electron chi connectivity index (χ4n) is 1.61. The van der Waals surface area contributed by atoms with Crippen LogP contribution in [0.15, 0.2) is 18.2 Å². The number of nitrogens with one attached hydrogen (secondary N) is 1. The van der Waals surface area contributed by atoms with Crippen molar-refractivity contribution in [2.75, 3.05) is 25.0 Å². The molecule has 0 saturated carbocycles. The summed E-state index contributed by atoms with van der Waals surface area (Å²) in [6.45, 7) is 1.26. The predicted octanol–water partition coefficient (Wildman–Crippen LogP) is 1.09. The van der Waals surface area contributed by atoms with E-state index in [2.05, 4.69) is 11.2 Å². The summed E-state index contributed by atoms with van der Waals surface area (Å²) in [6.07, 6.45) is 5.11. The van der Waals surface area contributed by atoms with Gasteiger partial charge in [-0.15, -0.1) is 6.42 Å². The third-order valence-electron chi connectivity index (χ3n) is 2.51. The molecule has 0 fully saturated rings. The largest absolute Gasteiger partial charge is 0.480 e. The molecular formula is C14H15FN2O3. The molecule has 0 heterocycles. The number of terminal acetylenes is 1. The van der Waals surface area contributed by atoms with Gasteiger partial charge in [-0.1, -0.05) is 12.0 Å². The van der Waals surface area contributed by atoms with Gasteiger partial charge in [0.1, 0.15) is 5.82 Å². The SMILES string of the molecule is C#CCN(CC(=O)O)CC(=O)Nc1cc(F)ccc1C. The number of benzene rings is 1. The Morgan fingerprint density at radius 1 is 1.45 bits per heavy atom. The fraction of sp³-hybridized carbons (Fsp3) is 0.286. The normalized spacial score (nSPS) is 10.1. The van der Waals surface area contributed by atoms with Gasteiger partial charge in [0.05, 0.1) is 19.6 Å². The Bertz CT molecular complexity index is 552. The van der Waals surface area contributed by atoms with E-state index in [-0.39, 0.29) is 19.6 Å². The Balaban J connectivity index is 2.68. The van der Waals surface area contributed by atoms with Crippen LogP contribution < -0.4 is 5.32 Å². The number of nitrogens with zero attached hydrogens (tertiary/aromatic N) is 1. The average molecular weight is 278 g/mol. The molecule has 0 atom stereocenters. The summed E-state index contributed by atoms with van der Waals surface area (Å²) in [5, 5.41) is 11.2. The van der Waals surface area contributed by atoms with E-state index in [9.17, 15) is 14.0 Å². The number of anilines is 1. The minimum Gasteiger partial charge on any atom is -0.480 e. The second-order valence-corrected chi connectivity index (χ2v) is 4.25. The molecule has 0 unspecified atom stereocenters. The van der Waals surface area contributed by atoms with E-state index in [1.54, 1.807) is 13.0 Å². The number of carbonyl (C=O) groups is 2. The maximum absolute atomic E-state index is 13.1. The van der Waals surface area contributed by atoms with Crippen molar-refractivity contribution in [1.29, 1.82) is 0 Å². The number of carboxylic acids is 1. The molecule has 1 amide bonds. The molecule has 0 aliphatic rings. The first-order valence-corrected chi connectivity index (χ1v) is 5.86. The number of rotatable bonds is 6. The number of halogens is 1. The number of hydrogen-bond acceptors (Lipinski definition) is 3. The summed E-state index contributed by atoms with van der Waals surface area (Å²) in [4.78, 5) is 23.7. The van der Waals surface area contributed by atoms with Crippen LogP contribution in [0.5, 0.6) is 0 Å². The summed E-state index contributed by atoms with van der Waals surface area (Å²) in [6, 6.07) is 4.04. The molecule has 5 nitrogen and oxygen atoms in total. The number of hydrogen-bond donors (Lipinski definition) is 2.